The van der Waals surface area contributed by atoms with Crippen molar-refractivity contribution in [1.82, 2.24) is 15.2 Å². The lowest BCUT2D eigenvalue weighted by Crippen LogP contribution is -2.14. The number of nitrogens with zero attached hydrogens (tertiary/aromatic N) is 3. The molecule has 1 N–H and O–H groups in total. The van der Waals surface area contributed by atoms with Gasteiger partial charge in [-0.15, -0.1) is 0 Å². The summed E-state index contributed by atoms with van der Waals surface area (Å²) in [7, 11) is 0.608. The van der Waals surface area contributed by atoms with Gasteiger partial charge in [-0.2, -0.15) is 10.2 Å². The number of pyridine rings is 1. The second kappa shape index (κ2) is 12.3. The van der Waals surface area contributed by atoms with E-state index in [0.717, 1.165) is 23.1 Å². The van der Waals surface area contributed by atoms with Crippen LogP contribution in [0.2, 0.25) is 0 Å². The summed E-state index contributed by atoms with van der Waals surface area (Å²) in [5.41, 5.74) is 8.56. The van der Waals surface area contributed by atoms with Crippen LogP contribution in [0, 0.1) is 0 Å². The lowest BCUT2D eigenvalue weighted by molar-refractivity contribution is -0.115. The van der Waals surface area contributed by atoms with Crippen molar-refractivity contribution in [3.8, 4) is 11.1 Å². The monoisotopic (exact) mass is 472 g/mol. The van der Waals surface area contributed by atoms with E-state index < -0.39 is 0 Å². The van der Waals surface area contributed by atoms with E-state index in [2.05, 4.69) is 85.2 Å². The molecule has 176 valence electrons. The molecule has 2 aromatic rings. The number of carbonyl (C=O) groups is 1. The number of hydrogen-bond donors (Lipinski definition) is 1. The lowest BCUT2D eigenvalue weighted by Gasteiger charge is -2.23. The highest BCUT2D eigenvalue weighted by Gasteiger charge is 2.19. The van der Waals surface area contributed by atoms with Crippen molar-refractivity contribution in [3.63, 3.8) is 0 Å². The van der Waals surface area contributed by atoms with Gasteiger partial charge in [0.2, 0.25) is 5.91 Å². The third-order valence-corrected chi connectivity index (χ3v) is 7.18. The first-order chi connectivity index (χ1) is 16.4. The number of nitrogens with one attached hydrogen (secondary N) is 1. The summed E-state index contributed by atoms with van der Waals surface area (Å²) in [6.45, 7) is 10.8. The summed E-state index contributed by atoms with van der Waals surface area (Å²) in [6.07, 6.45) is 15.4. The fourth-order valence-corrected chi connectivity index (χ4v) is 4.87. The number of allylic oxidation sites excluding steroid dienone is 8. The van der Waals surface area contributed by atoms with Crippen molar-refractivity contribution in [3.05, 3.63) is 94.8 Å². The molecule has 34 heavy (non-hydrogen) atoms. The molecule has 1 aliphatic rings. The Hall–Kier alpha value is -3.17. The van der Waals surface area contributed by atoms with Crippen LogP contribution in [0.1, 0.15) is 47.5 Å². The third-order valence-electron chi connectivity index (χ3n) is 5.52. The molecule has 0 aliphatic carbocycles. The molecule has 1 aliphatic heterocycles. The zero-order valence-electron chi connectivity index (χ0n) is 20.6. The van der Waals surface area contributed by atoms with Crippen LogP contribution in [0.3, 0.4) is 0 Å². The molecule has 0 spiro atoms. The molecular weight excluding hydrogens is 439 g/mol. The van der Waals surface area contributed by atoms with Crippen molar-refractivity contribution in [2.75, 3.05) is 5.32 Å². The number of hydrogen-bond acceptors (Lipinski definition) is 4. The van der Waals surface area contributed by atoms with Crippen LogP contribution >= 0.6 is 8.58 Å². The molecule has 0 aromatic carbocycles. The van der Waals surface area contributed by atoms with Crippen LogP contribution in [0.25, 0.3) is 11.1 Å². The standard InChI is InChI=1S/C28H33N4OP/c1-6-20(4)7-8-23(13-19(2)3)28-21(5)14-22(18-34-28)15-27(33)32-26-10-9-24(16-29-26)25-11-12-30-31-17-25/h7-14,16-18,28,34H,6,15H2,1-5H3,(H,29,32,33)/b20-7+,23-8+. The first-order valence-corrected chi connectivity index (χ1v) is 12.7. The van der Waals surface area contributed by atoms with Gasteiger partial charge in [-0.1, -0.05) is 62.3 Å². The predicted octanol–water partition coefficient (Wildman–Crippen LogP) is 7.01. The van der Waals surface area contributed by atoms with E-state index >= 15 is 0 Å². The fourth-order valence-electron chi connectivity index (χ4n) is 3.59. The molecular formula is C28H33N4OP. The number of amides is 1. The van der Waals surface area contributed by atoms with Gasteiger partial charge in [0.25, 0.3) is 0 Å². The molecule has 0 bridgehead atoms. The highest BCUT2D eigenvalue weighted by molar-refractivity contribution is 7.43. The summed E-state index contributed by atoms with van der Waals surface area (Å²) >= 11 is 0. The van der Waals surface area contributed by atoms with Crippen molar-refractivity contribution >= 4 is 20.3 Å². The number of anilines is 1. The Bertz CT molecular complexity index is 1150. The predicted molar refractivity (Wildman–Crippen MR) is 144 cm³/mol. The zero-order valence-corrected chi connectivity index (χ0v) is 21.6. The first-order valence-electron chi connectivity index (χ1n) is 11.5. The van der Waals surface area contributed by atoms with Crippen molar-refractivity contribution in [2.24, 2.45) is 0 Å². The van der Waals surface area contributed by atoms with Crippen molar-refractivity contribution in [1.29, 1.82) is 0 Å². The van der Waals surface area contributed by atoms with Gasteiger partial charge in [0.1, 0.15) is 5.82 Å². The molecule has 3 rings (SSSR count). The SMILES string of the molecule is CC/C(C)=C/C=C(\C=C(C)C)C1PC=C(CC(=O)Nc2ccc(-c3ccnnc3)cn2)C=C1C. The second-order valence-corrected chi connectivity index (χ2v) is 9.95. The summed E-state index contributed by atoms with van der Waals surface area (Å²) in [5, 5.41) is 10.6. The Labute approximate surface area is 204 Å². The van der Waals surface area contributed by atoms with Crippen molar-refractivity contribution in [2.45, 2.75) is 53.1 Å². The summed E-state index contributed by atoms with van der Waals surface area (Å²) in [5.74, 6) is 2.69. The average molecular weight is 473 g/mol. The van der Waals surface area contributed by atoms with Crippen LogP contribution < -0.4 is 5.32 Å². The minimum Gasteiger partial charge on any atom is -0.310 e. The smallest absolute Gasteiger partial charge is 0.229 e. The van der Waals surface area contributed by atoms with Gasteiger partial charge >= 0.3 is 0 Å². The Kier molecular flexibility index (Phi) is 9.24. The zero-order chi connectivity index (χ0) is 24.5. The minimum absolute atomic E-state index is 0.0639. The largest absolute Gasteiger partial charge is 0.310 e. The molecule has 1 amide bonds. The summed E-state index contributed by atoms with van der Waals surface area (Å²) in [6, 6.07) is 5.60. The first kappa shape index (κ1) is 25.5. The minimum atomic E-state index is -0.0639. The van der Waals surface area contributed by atoms with Gasteiger partial charge < -0.3 is 5.32 Å². The van der Waals surface area contributed by atoms with E-state index in [0.29, 0.717) is 26.5 Å². The van der Waals surface area contributed by atoms with Crippen molar-refractivity contribution < 1.29 is 4.79 Å². The van der Waals surface area contributed by atoms with Gasteiger partial charge in [0, 0.05) is 23.0 Å². The molecule has 0 fully saturated rings. The van der Waals surface area contributed by atoms with Crippen LogP contribution in [0.4, 0.5) is 5.82 Å². The number of aromatic nitrogens is 3. The Morgan fingerprint density at radius 3 is 2.50 bits per heavy atom. The Morgan fingerprint density at radius 2 is 1.88 bits per heavy atom. The van der Waals surface area contributed by atoms with E-state index in [1.807, 2.05) is 18.2 Å². The van der Waals surface area contributed by atoms with Gasteiger partial charge in [0.05, 0.1) is 18.8 Å². The molecule has 0 saturated heterocycles. The van der Waals surface area contributed by atoms with Crippen LogP contribution in [0.5, 0.6) is 0 Å². The third kappa shape index (κ3) is 7.43. The molecule has 0 saturated carbocycles. The second-order valence-electron chi connectivity index (χ2n) is 8.75. The maximum Gasteiger partial charge on any atom is 0.229 e. The highest BCUT2D eigenvalue weighted by atomic mass is 31.1. The number of carbonyl (C=O) groups excluding carboxylic acids is 1. The van der Waals surface area contributed by atoms with Gasteiger partial charge in [-0.3, -0.25) is 4.79 Å². The summed E-state index contributed by atoms with van der Waals surface area (Å²) < 4.78 is 0. The fraction of sp³-hybridized carbons (Fsp3) is 0.286. The quantitative estimate of drug-likeness (QED) is 0.332. The van der Waals surface area contributed by atoms with E-state index in [9.17, 15) is 4.79 Å². The van der Waals surface area contributed by atoms with E-state index in [1.165, 1.54) is 22.3 Å². The van der Waals surface area contributed by atoms with Gasteiger partial charge in [0.15, 0.2) is 0 Å². The van der Waals surface area contributed by atoms with E-state index in [4.69, 9.17) is 0 Å². The molecule has 2 aromatic heterocycles. The van der Waals surface area contributed by atoms with E-state index in [1.54, 1.807) is 18.6 Å². The molecule has 6 heteroatoms. The van der Waals surface area contributed by atoms with Crippen LogP contribution in [-0.2, 0) is 4.79 Å². The average Bonchev–Trinajstić information content (AvgIpc) is 2.82. The Balaban J connectivity index is 1.64. The maximum absolute atomic E-state index is 12.6. The summed E-state index contributed by atoms with van der Waals surface area (Å²) in [4.78, 5) is 17.0. The van der Waals surface area contributed by atoms with Crippen LogP contribution in [-0.4, -0.2) is 26.7 Å². The van der Waals surface area contributed by atoms with Gasteiger partial charge in [-0.05, 0) is 63.5 Å². The van der Waals surface area contributed by atoms with Gasteiger partial charge in [-0.25, -0.2) is 4.98 Å². The maximum atomic E-state index is 12.6. The molecule has 5 nitrogen and oxygen atoms in total. The highest BCUT2D eigenvalue weighted by Crippen LogP contribution is 2.40. The lowest BCUT2D eigenvalue weighted by atomic mass is 9.99. The molecule has 0 radical (unpaired) electrons. The Morgan fingerprint density at radius 1 is 1.09 bits per heavy atom. The number of rotatable bonds is 8. The molecule has 2 unspecified atom stereocenters. The van der Waals surface area contributed by atoms with E-state index in [-0.39, 0.29) is 5.91 Å². The molecule has 3 heterocycles. The molecule has 2 atom stereocenters. The normalized spacial score (nSPS) is 17.1. The van der Waals surface area contributed by atoms with Crippen LogP contribution in [0.15, 0.2) is 94.8 Å². The topological polar surface area (TPSA) is 67.8 Å².